The molecule has 0 amide bonds. The second-order valence-electron chi connectivity index (χ2n) is 8.12. The third-order valence-corrected chi connectivity index (χ3v) is 3.93. The van der Waals surface area contributed by atoms with E-state index in [0.29, 0.717) is 0 Å². The van der Waals surface area contributed by atoms with E-state index in [0.717, 1.165) is 6.54 Å². The van der Waals surface area contributed by atoms with Gasteiger partial charge in [-0.25, -0.2) is 0 Å². The first-order valence-electron chi connectivity index (χ1n) is 8.27. The van der Waals surface area contributed by atoms with Gasteiger partial charge in [-0.3, -0.25) is 0 Å². The van der Waals surface area contributed by atoms with E-state index in [1.54, 1.807) is 0 Å². The van der Waals surface area contributed by atoms with Crippen LogP contribution in [0.25, 0.3) is 0 Å². The van der Waals surface area contributed by atoms with Crippen molar-refractivity contribution in [2.45, 2.75) is 60.2 Å². The molecule has 0 bridgehead atoms. The number of hydrogen-bond donors (Lipinski definition) is 4. The van der Waals surface area contributed by atoms with Gasteiger partial charge in [0, 0.05) is 18.6 Å². The number of nitrogens with one attached hydrogen (secondary N) is 1. The molecule has 1 aromatic rings. The van der Waals surface area contributed by atoms with E-state index >= 15 is 0 Å². The number of aliphatic hydroxyl groups excluding tert-OH is 2. The van der Waals surface area contributed by atoms with Gasteiger partial charge < -0.3 is 21.3 Å². The van der Waals surface area contributed by atoms with Crippen LogP contribution in [0.4, 0.5) is 0 Å². The summed E-state index contributed by atoms with van der Waals surface area (Å²) in [6, 6.07) is 10.3. The van der Waals surface area contributed by atoms with Crippen LogP contribution in [-0.2, 0) is 6.54 Å². The zero-order valence-corrected chi connectivity index (χ0v) is 15.6. The molecule has 134 valence electrons. The van der Waals surface area contributed by atoms with Crippen LogP contribution in [0.3, 0.4) is 0 Å². The lowest BCUT2D eigenvalue weighted by Gasteiger charge is -2.30. The maximum atomic E-state index is 9.28. The quantitative estimate of drug-likeness (QED) is 0.671. The van der Waals surface area contributed by atoms with Crippen molar-refractivity contribution in [2.75, 3.05) is 13.2 Å². The average molecular weight is 325 g/mol. The summed E-state index contributed by atoms with van der Waals surface area (Å²) in [6.07, 6.45) is 0. The van der Waals surface area contributed by atoms with Crippen LogP contribution in [0.2, 0.25) is 0 Å². The monoisotopic (exact) mass is 324 g/mol. The molecule has 4 nitrogen and oxygen atoms in total. The van der Waals surface area contributed by atoms with E-state index in [-0.39, 0.29) is 36.1 Å². The van der Waals surface area contributed by atoms with Gasteiger partial charge in [0.1, 0.15) is 0 Å². The Morgan fingerprint density at radius 1 is 0.913 bits per heavy atom. The number of aliphatic hydroxyl groups is 2. The van der Waals surface area contributed by atoms with Crippen molar-refractivity contribution >= 4 is 0 Å². The molecule has 5 N–H and O–H groups in total. The number of hydrogen-bond acceptors (Lipinski definition) is 4. The summed E-state index contributed by atoms with van der Waals surface area (Å²) < 4.78 is 0. The zero-order chi connectivity index (χ0) is 18.1. The highest BCUT2D eigenvalue weighted by molar-refractivity contribution is 5.14. The molecule has 0 radical (unpaired) electrons. The van der Waals surface area contributed by atoms with E-state index < -0.39 is 0 Å². The van der Waals surface area contributed by atoms with Gasteiger partial charge in [0.2, 0.25) is 0 Å². The molecule has 1 aromatic carbocycles. The first-order chi connectivity index (χ1) is 10.5. The second-order valence-corrected chi connectivity index (χ2v) is 8.12. The smallest absolute Gasteiger partial charge is 0.0589 e. The average Bonchev–Trinajstić information content (AvgIpc) is 2.46. The van der Waals surface area contributed by atoms with Crippen LogP contribution in [-0.4, -0.2) is 35.5 Å². The number of nitrogens with two attached hydrogens (primary N) is 1. The van der Waals surface area contributed by atoms with Crippen LogP contribution in [0, 0.1) is 10.8 Å². The molecule has 0 aliphatic carbocycles. The Balaban J connectivity index is 0.000000515. The SMILES string of the molecule is CC(C)(C)[C@@H](CO)NCc1ccccc1.CC(C)(C)[C@H](N)CO. The standard InChI is InChI=1S/C13H21NO.C6H15NO/c1-13(2,3)12(10-15)14-9-11-7-5-4-6-8-11;1-6(2,3)5(7)4-8/h4-8,12,14-15H,9-10H2,1-3H3;5,8H,4,7H2,1-3H3/t12-;5-/m11/s1. The van der Waals surface area contributed by atoms with Crippen molar-refractivity contribution in [1.82, 2.24) is 5.32 Å². The van der Waals surface area contributed by atoms with Crippen LogP contribution in [0.15, 0.2) is 30.3 Å². The highest BCUT2D eigenvalue weighted by Crippen LogP contribution is 2.19. The first-order valence-corrected chi connectivity index (χ1v) is 8.27. The van der Waals surface area contributed by atoms with Crippen LogP contribution < -0.4 is 11.1 Å². The summed E-state index contributed by atoms with van der Waals surface area (Å²) in [5, 5.41) is 21.2. The van der Waals surface area contributed by atoms with Crippen molar-refractivity contribution in [2.24, 2.45) is 16.6 Å². The van der Waals surface area contributed by atoms with Crippen LogP contribution in [0.1, 0.15) is 47.1 Å². The van der Waals surface area contributed by atoms with Gasteiger partial charge in [0.25, 0.3) is 0 Å². The van der Waals surface area contributed by atoms with Crippen molar-refractivity contribution in [3.63, 3.8) is 0 Å². The lowest BCUT2D eigenvalue weighted by atomic mass is 9.87. The summed E-state index contributed by atoms with van der Waals surface area (Å²) in [7, 11) is 0. The van der Waals surface area contributed by atoms with Crippen molar-refractivity contribution in [1.29, 1.82) is 0 Å². The number of benzene rings is 1. The molecular weight excluding hydrogens is 288 g/mol. The van der Waals surface area contributed by atoms with Crippen molar-refractivity contribution in [3.8, 4) is 0 Å². The third kappa shape index (κ3) is 9.72. The van der Waals surface area contributed by atoms with Gasteiger partial charge >= 0.3 is 0 Å². The number of rotatable bonds is 5. The van der Waals surface area contributed by atoms with Gasteiger partial charge in [-0.15, -0.1) is 0 Å². The molecule has 0 aromatic heterocycles. The highest BCUT2D eigenvalue weighted by Gasteiger charge is 2.22. The molecule has 23 heavy (non-hydrogen) atoms. The van der Waals surface area contributed by atoms with E-state index in [9.17, 15) is 5.11 Å². The molecule has 2 atom stereocenters. The van der Waals surface area contributed by atoms with Gasteiger partial charge in [-0.1, -0.05) is 71.9 Å². The van der Waals surface area contributed by atoms with Gasteiger partial charge in [-0.2, -0.15) is 0 Å². The van der Waals surface area contributed by atoms with Gasteiger partial charge in [0.15, 0.2) is 0 Å². The Hall–Kier alpha value is -0.940. The molecule has 0 heterocycles. The topological polar surface area (TPSA) is 78.5 Å². The van der Waals surface area contributed by atoms with Crippen LogP contribution >= 0.6 is 0 Å². The second kappa shape index (κ2) is 10.0. The zero-order valence-electron chi connectivity index (χ0n) is 15.6. The lowest BCUT2D eigenvalue weighted by Crippen LogP contribution is -2.42. The Morgan fingerprint density at radius 3 is 1.74 bits per heavy atom. The molecule has 4 heteroatoms. The Kier molecular flexibility index (Phi) is 9.63. The van der Waals surface area contributed by atoms with Gasteiger partial charge in [0.05, 0.1) is 13.2 Å². The minimum absolute atomic E-state index is 0.0365. The van der Waals surface area contributed by atoms with Crippen LogP contribution in [0.5, 0.6) is 0 Å². The first kappa shape index (κ1) is 22.1. The molecule has 0 fully saturated rings. The fourth-order valence-electron chi connectivity index (χ4n) is 1.76. The van der Waals surface area contributed by atoms with E-state index in [2.05, 4.69) is 38.2 Å². The van der Waals surface area contributed by atoms with E-state index in [1.807, 2.05) is 39.0 Å². The molecule has 0 aliphatic heterocycles. The van der Waals surface area contributed by atoms with Crippen molar-refractivity contribution < 1.29 is 10.2 Å². The molecule has 0 spiro atoms. The third-order valence-electron chi connectivity index (χ3n) is 3.93. The highest BCUT2D eigenvalue weighted by atomic mass is 16.3. The predicted octanol–water partition coefficient (Wildman–Crippen LogP) is 2.54. The maximum Gasteiger partial charge on any atom is 0.0589 e. The molecule has 0 saturated carbocycles. The van der Waals surface area contributed by atoms with E-state index in [1.165, 1.54) is 5.56 Å². The van der Waals surface area contributed by atoms with Gasteiger partial charge in [-0.05, 0) is 16.4 Å². The Morgan fingerprint density at radius 2 is 1.43 bits per heavy atom. The molecule has 0 aliphatic rings. The molecular formula is C19H36N2O2. The summed E-state index contributed by atoms with van der Waals surface area (Å²) in [5.74, 6) is 0. The molecule has 1 rings (SSSR count). The Labute approximate surface area is 142 Å². The fourth-order valence-corrected chi connectivity index (χ4v) is 1.76. The fraction of sp³-hybridized carbons (Fsp3) is 0.684. The summed E-state index contributed by atoms with van der Waals surface area (Å²) in [6.45, 7) is 13.5. The summed E-state index contributed by atoms with van der Waals surface area (Å²) >= 11 is 0. The predicted molar refractivity (Wildman–Crippen MR) is 98.1 cm³/mol. The van der Waals surface area contributed by atoms with Crippen molar-refractivity contribution in [3.05, 3.63) is 35.9 Å². The largest absolute Gasteiger partial charge is 0.395 e. The normalized spacial score (nSPS) is 14.7. The lowest BCUT2D eigenvalue weighted by molar-refractivity contribution is 0.158. The molecule has 0 unspecified atom stereocenters. The Bertz CT molecular complexity index is 408. The minimum atomic E-state index is -0.0949. The van der Waals surface area contributed by atoms with E-state index in [4.69, 9.17) is 10.8 Å². The maximum absolute atomic E-state index is 9.28. The molecule has 0 saturated heterocycles. The summed E-state index contributed by atoms with van der Waals surface area (Å²) in [5.41, 5.74) is 6.87. The summed E-state index contributed by atoms with van der Waals surface area (Å²) in [4.78, 5) is 0. The minimum Gasteiger partial charge on any atom is -0.395 e.